The number of thiazole rings is 1. The Hall–Kier alpha value is -4.34. The SMILES string of the molecule is Cc1nc(C)c(-c2ccc3cc(-c4c(-c5ccccc5)c5sc(C(=O)O)cc5n4CC(=O)O)ccc3n2)s1. The van der Waals surface area contributed by atoms with Gasteiger partial charge >= 0.3 is 11.9 Å². The normalized spacial score (nSPS) is 11.4. The van der Waals surface area contributed by atoms with Gasteiger partial charge in [-0.05, 0) is 49.2 Å². The summed E-state index contributed by atoms with van der Waals surface area (Å²) in [7, 11) is 0. The third-order valence-electron chi connectivity index (χ3n) is 6.40. The predicted octanol–water partition coefficient (Wildman–Crippen LogP) is 7.11. The van der Waals surface area contributed by atoms with E-state index in [4.69, 9.17) is 4.98 Å². The van der Waals surface area contributed by atoms with Gasteiger partial charge in [0.05, 0.1) is 42.7 Å². The van der Waals surface area contributed by atoms with Crippen LogP contribution in [0.25, 0.3) is 54.1 Å². The maximum atomic E-state index is 11.9. The molecule has 9 heteroatoms. The Bertz CT molecular complexity index is 1880. The Balaban J connectivity index is 1.59. The van der Waals surface area contributed by atoms with E-state index in [0.717, 1.165) is 70.6 Å². The van der Waals surface area contributed by atoms with Crippen molar-refractivity contribution in [1.82, 2.24) is 14.5 Å². The first-order valence-corrected chi connectivity index (χ1v) is 13.5. The highest BCUT2D eigenvalue weighted by molar-refractivity contribution is 7.21. The fraction of sp³-hybridized carbons (Fsp3) is 0.103. The molecule has 2 aromatic carbocycles. The average molecular weight is 540 g/mol. The van der Waals surface area contributed by atoms with Crippen LogP contribution in [0.3, 0.4) is 0 Å². The summed E-state index contributed by atoms with van der Waals surface area (Å²) < 4.78 is 2.45. The number of fused-ring (bicyclic) bond motifs is 2. The second-order valence-electron chi connectivity index (χ2n) is 8.95. The van der Waals surface area contributed by atoms with Crippen LogP contribution in [-0.4, -0.2) is 36.7 Å². The molecule has 0 atom stereocenters. The van der Waals surface area contributed by atoms with E-state index in [-0.39, 0.29) is 11.4 Å². The van der Waals surface area contributed by atoms with Crippen molar-refractivity contribution in [3.8, 4) is 33.0 Å². The van der Waals surface area contributed by atoms with Gasteiger partial charge in [-0.25, -0.2) is 14.8 Å². The maximum Gasteiger partial charge on any atom is 0.345 e. The number of carboxylic acids is 2. The Morgan fingerprint density at radius 2 is 1.68 bits per heavy atom. The third-order valence-corrected chi connectivity index (χ3v) is 8.63. The molecular weight excluding hydrogens is 518 g/mol. The van der Waals surface area contributed by atoms with Crippen LogP contribution >= 0.6 is 22.7 Å². The number of carbonyl (C=O) groups is 2. The van der Waals surface area contributed by atoms with Crippen LogP contribution in [-0.2, 0) is 11.3 Å². The van der Waals surface area contributed by atoms with E-state index in [0.29, 0.717) is 5.52 Å². The molecule has 6 aromatic rings. The predicted molar refractivity (Wildman–Crippen MR) is 151 cm³/mol. The Labute approximate surface area is 225 Å². The van der Waals surface area contributed by atoms with Crippen molar-refractivity contribution in [3.05, 3.63) is 82.3 Å². The largest absolute Gasteiger partial charge is 0.480 e. The molecule has 0 amide bonds. The number of aryl methyl sites for hydroxylation is 2. The quantitative estimate of drug-likeness (QED) is 0.234. The lowest BCUT2D eigenvalue weighted by molar-refractivity contribution is -0.137. The summed E-state index contributed by atoms with van der Waals surface area (Å²) in [5.41, 5.74) is 6.51. The number of carboxylic acid groups (broad SMARTS) is 2. The van der Waals surface area contributed by atoms with Crippen molar-refractivity contribution >= 4 is 55.7 Å². The Morgan fingerprint density at radius 3 is 2.37 bits per heavy atom. The van der Waals surface area contributed by atoms with Crippen molar-refractivity contribution in [2.24, 2.45) is 0 Å². The highest BCUT2D eigenvalue weighted by Gasteiger charge is 2.25. The molecule has 4 aromatic heterocycles. The van der Waals surface area contributed by atoms with Crippen molar-refractivity contribution in [2.45, 2.75) is 20.4 Å². The molecule has 0 spiro atoms. The van der Waals surface area contributed by atoms with Gasteiger partial charge in [-0.15, -0.1) is 22.7 Å². The summed E-state index contributed by atoms with van der Waals surface area (Å²) in [5, 5.41) is 21.3. The van der Waals surface area contributed by atoms with Gasteiger partial charge in [0.2, 0.25) is 0 Å². The second kappa shape index (κ2) is 9.20. The van der Waals surface area contributed by atoms with E-state index in [1.54, 1.807) is 22.0 Å². The molecule has 2 N–H and O–H groups in total. The fourth-order valence-electron chi connectivity index (χ4n) is 4.87. The molecule has 0 unspecified atom stereocenters. The third kappa shape index (κ3) is 4.06. The number of thiophene rings is 1. The van der Waals surface area contributed by atoms with Crippen LogP contribution in [0.15, 0.2) is 66.7 Å². The Morgan fingerprint density at radius 1 is 0.895 bits per heavy atom. The topological polar surface area (TPSA) is 105 Å². The molecule has 0 aliphatic heterocycles. The summed E-state index contributed by atoms with van der Waals surface area (Å²) in [6.45, 7) is 3.67. The molecule has 38 heavy (non-hydrogen) atoms. The smallest absolute Gasteiger partial charge is 0.345 e. The minimum atomic E-state index is -1.03. The molecule has 7 nitrogen and oxygen atoms in total. The molecule has 6 rings (SSSR count). The molecule has 0 fully saturated rings. The molecule has 0 radical (unpaired) electrons. The molecule has 0 aliphatic carbocycles. The van der Waals surface area contributed by atoms with E-state index in [9.17, 15) is 19.8 Å². The molecule has 0 bridgehead atoms. The van der Waals surface area contributed by atoms with Crippen LogP contribution in [0.2, 0.25) is 0 Å². The number of aromatic nitrogens is 3. The lowest BCUT2D eigenvalue weighted by atomic mass is 10.00. The summed E-state index contributed by atoms with van der Waals surface area (Å²) in [6.07, 6.45) is 0. The molecule has 4 heterocycles. The first kappa shape index (κ1) is 24.0. The zero-order chi connectivity index (χ0) is 26.6. The van der Waals surface area contributed by atoms with Crippen molar-refractivity contribution in [3.63, 3.8) is 0 Å². The van der Waals surface area contributed by atoms with E-state index >= 15 is 0 Å². The number of aromatic carboxylic acids is 1. The number of benzene rings is 2. The zero-order valence-electron chi connectivity index (χ0n) is 20.4. The van der Waals surface area contributed by atoms with Gasteiger partial charge in [-0.3, -0.25) is 4.79 Å². The van der Waals surface area contributed by atoms with Crippen LogP contribution < -0.4 is 0 Å². The van der Waals surface area contributed by atoms with Gasteiger partial charge in [-0.1, -0.05) is 42.5 Å². The summed E-state index contributed by atoms with van der Waals surface area (Å²) >= 11 is 2.78. The number of hydrogen-bond donors (Lipinski definition) is 2. The van der Waals surface area contributed by atoms with E-state index in [1.165, 1.54) is 0 Å². The van der Waals surface area contributed by atoms with Gasteiger partial charge in [0.1, 0.15) is 11.4 Å². The van der Waals surface area contributed by atoms with Gasteiger partial charge in [-0.2, -0.15) is 0 Å². The molecule has 188 valence electrons. The van der Waals surface area contributed by atoms with Crippen LogP contribution in [0.1, 0.15) is 20.4 Å². The molecule has 0 aliphatic rings. The van der Waals surface area contributed by atoms with Gasteiger partial charge in [0, 0.05) is 10.9 Å². The highest BCUT2D eigenvalue weighted by atomic mass is 32.1. The summed E-state index contributed by atoms with van der Waals surface area (Å²) in [4.78, 5) is 34.3. The minimum absolute atomic E-state index is 0.168. The number of hydrogen-bond acceptors (Lipinski definition) is 6. The van der Waals surface area contributed by atoms with Crippen LogP contribution in [0, 0.1) is 13.8 Å². The lowest BCUT2D eigenvalue weighted by Gasteiger charge is -2.13. The maximum absolute atomic E-state index is 11.9. The van der Waals surface area contributed by atoms with Gasteiger partial charge in [0.25, 0.3) is 0 Å². The first-order chi connectivity index (χ1) is 18.3. The van der Waals surface area contributed by atoms with Crippen molar-refractivity contribution < 1.29 is 19.8 Å². The standard InChI is InChI=1S/C29H21N3O4S2/c1-15-27(37-16(2)30-15)21-11-8-18-12-19(9-10-20(18)31-21)26-25(17-6-4-3-5-7-17)28-22(32(26)14-24(33)34)13-23(38-28)29(35)36/h3-13H,14H2,1-2H3,(H,33,34)(H,35,36). The minimum Gasteiger partial charge on any atom is -0.480 e. The molecule has 0 saturated carbocycles. The highest BCUT2D eigenvalue weighted by Crippen LogP contribution is 2.45. The number of nitrogens with zero attached hydrogens (tertiary/aromatic N) is 3. The van der Waals surface area contributed by atoms with Crippen molar-refractivity contribution in [1.29, 1.82) is 0 Å². The molecule has 0 saturated heterocycles. The van der Waals surface area contributed by atoms with Crippen LogP contribution in [0.4, 0.5) is 0 Å². The van der Waals surface area contributed by atoms with Gasteiger partial charge in [0.15, 0.2) is 0 Å². The van der Waals surface area contributed by atoms with Gasteiger partial charge < -0.3 is 14.8 Å². The monoisotopic (exact) mass is 539 g/mol. The van der Waals surface area contributed by atoms with E-state index in [1.807, 2.05) is 74.5 Å². The number of pyridine rings is 1. The van der Waals surface area contributed by atoms with Crippen molar-refractivity contribution in [2.75, 3.05) is 0 Å². The first-order valence-electron chi connectivity index (χ1n) is 11.8. The lowest BCUT2D eigenvalue weighted by Crippen LogP contribution is -2.10. The fourth-order valence-corrected chi connectivity index (χ4v) is 6.83. The number of aliphatic carboxylic acids is 1. The number of rotatable bonds is 6. The second-order valence-corrected chi connectivity index (χ2v) is 11.2. The molecular formula is C29H21N3O4S2. The van der Waals surface area contributed by atoms with E-state index in [2.05, 4.69) is 4.98 Å². The van der Waals surface area contributed by atoms with Crippen LogP contribution in [0.5, 0.6) is 0 Å². The Kier molecular flexibility index (Phi) is 5.81. The summed E-state index contributed by atoms with van der Waals surface area (Å²) in [6, 6.07) is 21.1. The zero-order valence-corrected chi connectivity index (χ0v) is 22.1. The summed E-state index contributed by atoms with van der Waals surface area (Å²) in [5.74, 6) is -2.04. The van der Waals surface area contributed by atoms with E-state index < -0.39 is 11.9 Å². The average Bonchev–Trinajstić information content (AvgIpc) is 3.56.